The number of nitrogens with one attached hydrogen (secondary N) is 2. The molecule has 0 bridgehead atoms. The molecular weight excluding hydrogens is 370 g/mol. The van der Waals surface area contributed by atoms with Gasteiger partial charge in [0.05, 0.1) is 23.9 Å². The molecule has 0 unspecified atom stereocenters. The minimum atomic E-state index is -0.262. The molecule has 0 saturated heterocycles. The fraction of sp³-hybridized carbons (Fsp3) is 0.238. The molecule has 0 radical (unpaired) electrons. The summed E-state index contributed by atoms with van der Waals surface area (Å²) in [5.74, 6) is 0.115. The highest BCUT2D eigenvalue weighted by atomic mass is 16.5. The molecule has 1 aliphatic carbocycles. The molecule has 2 heterocycles. The molecule has 1 saturated carbocycles. The van der Waals surface area contributed by atoms with Gasteiger partial charge in [-0.15, -0.1) is 0 Å². The van der Waals surface area contributed by atoms with Gasteiger partial charge in [-0.05, 0) is 25.0 Å². The number of benzene rings is 1. The summed E-state index contributed by atoms with van der Waals surface area (Å²) in [6.45, 7) is 0. The van der Waals surface area contributed by atoms with Crippen LogP contribution < -0.4 is 21.1 Å². The van der Waals surface area contributed by atoms with Gasteiger partial charge in [-0.1, -0.05) is 6.07 Å². The molecule has 8 heteroatoms. The zero-order valence-corrected chi connectivity index (χ0v) is 16.2. The number of fused-ring (bicyclic) bond motifs is 1. The fourth-order valence-electron chi connectivity index (χ4n) is 3.12. The van der Waals surface area contributed by atoms with Crippen molar-refractivity contribution in [3.05, 3.63) is 47.9 Å². The number of anilines is 1. The molecule has 1 aliphatic rings. The highest BCUT2D eigenvalue weighted by Gasteiger charge is 2.25. The van der Waals surface area contributed by atoms with Gasteiger partial charge in [-0.3, -0.25) is 19.6 Å². The summed E-state index contributed by atoms with van der Waals surface area (Å²) >= 11 is 0. The predicted octanol–water partition coefficient (Wildman–Crippen LogP) is 2.14. The highest BCUT2D eigenvalue weighted by molar-refractivity contribution is 6.07. The Balaban J connectivity index is 1.79. The molecule has 4 rings (SSSR count). The van der Waals surface area contributed by atoms with Gasteiger partial charge in [0.1, 0.15) is 11.4 Å². The number of methoxy groups -OCH3 is 1. The summed E-state index contributed by atoms with van der Waals surface area (Å²) in [5, 5.41) is 6.13. The van der Waals surface area contributed by atoms with Crippen LogP contribution in [0.5, 0.6) is 5.75 Å². The molecule has 0 spiro atoms. The zero-order chi connectivity index (χ0) is 20.5. The first-order valence-corrected chi connectivity index (χ1v) is 9.27. The van der Waals surface area contributed by atoms with Crippen LogP contribution in [0.1, 0.15) is 33.7 Å². The molecule has 1 fully saturated rings. The molecule has 0 atom stereocenters. The number of carbonyl (C=O) groups excluding carboxylic acids is 2. The largest absolute Gasteiger partial charge is 0.496 e. The highest BCUT2D eigenvalue weighted by Crippen LogP contribution is 2.36. The Bertz CT molecular complexity index is 1110. The smallest absolute Gasteiger partial charge is 0.269 e. The number of ether oxygens (including phenoxy) is 1. The number of hydrogen-bond donors (Lipinski definition) is 3. The lowest BCUT2D eigenvalue weighted by atomic mass is 10.0. The van der Waals surface area contributed by atoms with Crippen LogP contribution in [0.2, 0.25) is 0 Å². The standard InChI is InChI=1S/C21H21N5O3/c1-23-21(28)16-6-3-11(9-24-16)13-7-14-17(8-18(13)29-2)25-10-15(19(14)22)20(27)26-12-4-5-12/h3,6-10,12H,4-5H2,1-2H3,(H2,22,25)(H,23,28)(H,26,27). The fourth-order valence-corrected chi connectivity index (χ4v) is 3.12. The van der Waals surface area contributed by atoms with Crippen molar-refractivity contribution in [2.24, 2.45) is 0 Å². The number of nitrogen functional groups attached to an aromatic ring is 1. The van der Waals surface area contributed by atoms with E-state index in [1.54, 1.807) is 38.6 Å². The van der Waals surface area contributed by atoms with E-state index in [9.17, 15) is 9.59 Å². The van der Waals surface area contributed by atoms with Crippen molar-refractivity contribution in [3.63, 3.8) is 0 Å². The van der Waals surface area contributed by atoms with Crippen LogP contribution in [-0.2, 0) is 0 Å². The van der Waals surface area contributed by atoms with Crippen LogP contribution in [0.3, 0.4) is 0 Å². The Kier molecular flexibility index (Phi) is 4.75. The third kappa shape index (κ3) is 3.56. The van der Waals surface area contributed by atoms with E-state index in [0.717, 1.165) is 24.0 Å². The molecule has 8 nitrogen and oxygen atoms in total. The molecular formula is C21H21N5O3. The average Bonchev–Trinajstić information content (AvgIpc) is 3.56. The third-order valence-electron chi connectivity index (χ3n) is 4.92. The Morgan fingerprint density at radius 3 is 2.55 bits per heavy atom. The van der Waals surface area contributed by atoms with Crippen LogP contribution in [0.25, 0.3) is 22.0 Å². The van der Waals surface area contributed by atoms with Crippen LogP contribution in [0, 0.1) is 0 Å². The third-order valence-corrected chi connectivity index (χ3v) is 4.92. The Hall–Kier alpha value is -3.68. The Morgan fingerprint density at radius 1 is 1.14 bits per heavy atom. The van der Waals surface area contributed by atoms with Gasteiger partial charge in [0.2, 0.25) is 0 Å². The molecule has 29 heavy (non-hydrogen) atoms. The van der Waals surface area contributed by atoms with E-state index < -0.39 is 0 Å². The van der Waals surface area contributed by atoms with E-state index in [-0.39, 0.29) is 17.9 Å². The van der Waals surface area contributed by atoms with Crippen LogP contribution in [-0.4, -0.2) is 42.0 Å². The number of rotatable bonds is 5. The summed E-state index contributed by atoms with van der Waals surface area (Å²) in [7, 11) is 3.12. The SMILES string of the molecule is CNC(=O)c1ccc(-c2cc3c(N)c(C(=O)NC4CC4)cnc3cc2OC)cn1. The molecule has 0 aliphatic heterocycles. The molecule has 1 aromatic carbocycles. The minimum Gasteiger partial charge on any atom is -0.496 e. The Labute approximate surface area is 167 Å². The molecule has 148 valence electrons. The second-order valence-electron chi connectivity index (χ2n) is 6.91. The monoisotopic (exact) mass is 391 g/mol. The van der Waals surface area contributed by atoms with Crippen LogP contribution >= 0.6 is 0 Å². The minimum absolute atomic E-state index is 0.214. The molecule has 2 aromatic heterocycles. The van der Waals surface area contributed by atoms with Crippen molar-refractivity contribution in [2.75, 3.05) is 19.9 Å². The van der Waals surface area contributed by atoms with E-state index >= 15 is 0 Å². The van der Waals surface area contributed by atoms with Crippen LogP contribution in [0.15, 0.2) is 36.7 Å². The van der Waals surface area contributed by atoms with E-state index in [1.165, 1.54) is 6.20 Å². The summed E-state index contributed by atoms with van der Waals surface area (Å²) in [4.78, 5) is 32.8. The number of hydrogen-bond acceptors (Lipinski definition) is 6. The van der Waals surface area contributed by atoms with E-state index in [1.807, 2.05) is 6.07 Å². The summed E-state index contributed by atoms with van der Waals surface area (Å²) in [6.07, 6.45) is 5.08. The Morgan fingerprint density at radius 2 is 1.93 bits per heavy atom. The quantitative estimate of drug-likeness (QED) is 0.613. The van der Waals surface area contributed by atoms with Gasteiger partial charge in [0, 0.05) is 48.1 Å². The summed E-state index contributed by atoms with van der Waals surface area (Å²) in [6, 6.07) is 7.26. The first-order chi connectivity index (χ1) is 14.0. The first kappa shape index (κ1) is 18.7. The number of nitrogens with zero attached hydrogens (tertiary/aromatic N) is 2. The number of amides is 2. The maximum absolute atomic E-state index is 12.5. The van der Waals surface area contributed by atoms with Gasteiger partial charge >= 0.3 is 0 Å². The van der Waals surface area contributed by atoms with E-state index in [4.69, 9.17) is 10.5 Å². The van der Waals surface area contributed by atoms with Gasteiger partial charge in [0.15, 0.2) is 0 Å². The van der Waals surface area contributed by atoms with Gasteiger partial charge in [-0.25, -0.2) is 0 Å². The number of pyridine rings is 2. The normalized spacial score (nSPS) is 13.2. The summed E-state index contributed by atoms with van der Waals surface area (Å²) < 4.78 is 5.52. The lowest BCUT2D eigenvalue weighted by Crippen LogP contribution is -2.26. The van der Waals surface area contributed by atoms with Crippen molar-refractivity contribution >= 4 is 28.4 Å². The predicted molar refractivity (Wildman–Crippen MR) is 110 cm³/mol. The van der Waals surface area contributed by atoms with Crippen molar-refractivity contribution in [1.29, 1.82) is 0 Å². The molecule has 4 N–H and O–H groups in total. The van der Waals surface area contributed by atoms with Crippen molar-refractivity contribution < 1.29 is 14.3 Å². The number of aromatic nitrogens is 2. The zero-order valence-electron chi connectivity index (χ0n) is 16.2. The maximum atomic E-state index is 12.5. The first-order valence-electron chi connectivity index (χ1n) is 9.27. The van der Waals surface area contributed by atoms with Crippen LogP contribution in [0.4, 0.5) is 5.69 Å². The number of nitrogens with two attached hydrogens (primary N) is 1. The molecule has 2 amide bonds. The second kappa shape index (κ2) is 7.38. The van der Waals surface area contributed by atoms with Crippen molar-refractivity contribution in [3.8, 4) is 16.9 Å². The second-order valence-corrected chi connectivity index (χ2v) is 6.91. The lowest BCUT2D eigenvalue weighted by Gasteiger charge is -2.13. The lowest BCUT2D eigenvalue weighted by molar-refractivity contribution is 0.0946. The van der Waals surface area contributed by atoms with Gasteiger partial charge in [-0.2, -0.15) is 0 Å². The van der Waals surface area contributed by atoms with Crippen molar-refractivity contribution in [1.82, 2.24) is 20.6 Å². The summed E-state index contributed by atoms with van der Waals surface area (Å²) in [5.41, 5.74) is 9.48. The van der Waals surface area contributed by atoms with E-state index in [0.29, 0.717) is 33.6 Å². The topological polar surface area (TPSA) is 119 Å². The van der Waals surface area contributed by atoms with Gasteiger partial charge < -0.3 is 21.1 Å². The van der Waals surface area contributed by atoms with Gasteiger partial charge in [0.25, 0.3) is 11.8 Å². The molecule has 3 aromatic rings. The maximum Gasteiger partial charge on any atom is 0.269 e. The average molecular weight is 391 g/mol. The van der Waals surface area contributed by atoms with E-state index in [2.05, 4.69) is 20.6 Å². The van der Waals surface area contributed by atoms with Crippen molar-refractivity contribution in [2.45, 2.75) is 18.9 Å². The number of carbonyl (C=O) groups is 2.